The van der Waals surface area contributed by atoms with Gasteiger partial charge in [0.1, 0.15) is 5.69 Å². The van der Waals surface area contributed by atoms with Crippen LogP contribution in [-0.2, 0) is 0 Å². The molecule has 116 valence electrons. The number of rotatable bonds is 6. The number of carbonyl (C=O) groups excluding carboxylic acids is 1. The van der Waals surface area contributed by atoms with Gasteiger partial charge in [-0.3, -0.25) is 9.78 Å². The van der Waals surface area contributed by atoms with Gasteiger partial charge in [-0.25, -0.2) is 0 Å². The second-order valence-electron chi connectivity index (χ2n) is 4.34. The SMILES string of the molecule is CCOc1ccc(NC(=O)c2cc(Cl)ccn2)cc1OCC. The Morgan fingerprint density at radius 1 is 1.14 bits per heavy atom. The topological polar surface area (TPSA) is 60.5 Å². The summed E-state index contributed by atoms with van der Waals surface area (Å²) in [7, 11) is 0. The lowest BCUT2D eigenvalue weighted by atomic mass is 10.2. The summed E-state index contributed by atoms with van der Waals surface area (Å²) in [6, 6.07) is 8.35. The maximum Gasteiger partial charge on any atom is 0.274 e. The van der Waals surface area contributed by atoms with E-state index in [9.17, 15) is 4.79 Å². The molecule has 0 aliphatic heterocycles. The molecule has 2 aromatic rings. The molecule has 22 heavy (non-hydrogen) atoms. The van der Waals surface area contributed by atoms with Crippen molar-refractivity contribution >= 4 is 23.2 Å². The van der Waals surface area contributed by atoms with Gasteiger partial charge < -0.3 is 14.8 Å². The zero-order chi connectivity index (χ0) is 15.9. The van der Waals surface area contributed by atoms with Crippen LogP contribution in [0.15, 0.2) is 36.5 Å². The van der Waals surface area contributed by atoms with Gasteiger partial charge in [0.05, 0.1) is 13.2 Å². The molecule has 0 saturated heterocycles. The van der Waals surface area contributed by atoms with Gasteiger partial charge in [0, 0.05) is 23.0 Å². The number of pyridine rings is 1. The summed E-state index contributed by atoms with van der Waals surface area (Å²) >= 11 is 5.86. The molecule has 1 aromatic carbocycles. The smallest absolute Gasteiger partial charge is 0.274 e. The Morgan fingerprint density at radius 2 is 1.86 bits per heavy atom. The first-order valence-corrected chi connectivity index (χ1v) is 7.34. The van der Waals surface area contributed by atoms with Crippen molar-refractivity contribution in [1.82, 2.24) is 4.98 Å². The Balaban J connectivity index is 2.18. The lowest BCUT2D eigenvalue weighted by Gasteiger charge is -2.13. The van der Waals surface area contributed by atoms with Gasteiger partial charge in [-0.05, 0) is 38.1 Å². The van der Waals surface area contributed by atoms with Crippen LogP contribution < -0.4 is 14.8 Å². The van der Waals surface area contributed by atoms with Crippen molar-refractivity contribution < 1.29 is 14.3 Å². The first-order chi connectivity index (χ1) is 10.6. The molecule has 2 rings (SSSR count). The minimum Gasteiger partial charge on any atom is -0.490 e. The van der Waals surface area contributed by atoms with Crippen LogP contribution in [-0.4, -0.2) is 24.1 Å². The summed E-state index contributed by atoms with van der Waals surface area (Å²) < 4.78 is 11.0. The van der Waals surface area contributed by atoms with E-state index in [1.54, 1.807) is 24.3 Å². The third kappa shape index (κ3) is 4.11. The van der Waals surface area contributed by atoms with Gasteiger partial charge in [0.2, 0.25) is 0 Å². The fourth-order valence-corrected chi connectivity index (χ4v) is 2.01. The summed E-state index contributed by atoms with van der Waals surface area (Å²) in [4.78, 5) is 16.1. The molecule has 1 aromatic heterocycles. The second-order valence-corrected chi connectivity index (χ2v) is 4.78. The monoisotopic (exact) mass is 320 g/mol. The van der Waals surface area contributed by atoms with E-state index in [1.165, 1.54) is 12.3 Å². The molecule has 0 unspecified atom stereocenters. The van der Waals surface area contributed by atoms with E-state index in [0.29, 0.717) is 35.4 Å². The average molecular weight is 321 g/mol. The number of hydrogen-bond acceptors (Lipinski definition) is 4. The number of carbonyl (C=O) groups is 1. The summed E-state index contributed by atoms with van der Waals surface area (Å²) in [6.07, 6.45) is 1.49. The Labute approximate surface area is 134 Å². The molecule has 6 heteroatoms. The van der Waals surface area contributed by atoms with Crippen LogP contribution in [0.5, 0.6) is 11.5 Å². The number of nitrogens with one attached hydrogen (secondary N) is 1. The predicted molar refractivity (Wildman–Crippen MR) is 86.0 cm³/mol. The van der Waals surface area contributed by atoms with Crippen molar-refractivity contribution in [1.29, 1.82) is 0 Å². The quantitative estimate of drug-likeness (QED) is 0.879. The number of hydrogen-bond donors (Lipinski definition) is 1. The van der Waals surface area contributed by atoms with Crippen molar-refractivity contribution in [2.75, 3.05) is 18.5 Å². The maximum atomic E-state index is 12.1. The van der Waals surface area contributed by atoms with Crippen LogP contribution in [0.3, 0.4) is 0 Å². The van der Waals surface area contributed by atoms with E-state index in [2.05, 4.69) is 10.3 Å². The Bertz CT molecular complexity index is 662. The van der Waals surface area contributed by atoms with E-state index in [4.69, 9.17) is 21.1 Å². The van der Waals surface area contributed by atoms with Crippen LogP contribution in [0.2, 0.25) is 5.02 Å². The zero-order valence-corrected chi connectivity index (χ0v) is 13.2. The normalized spacial score (nSPS) is 10.1. The highest BCUT2D eigenvalue weighted by Crippen LogP contribution is 2.30. The number of ether oxygens (including phenoxy) is 2. The van der Waals surface area contributed by atoms with Crippen LogP contribution in [0.25, 0.3) is 0 Å². The number of anilines is 1. The molecule has 0 spiro atoms. The summed E-state index contributed by atoms with van der Waals surface area (Å²) in [5.74, 6) is 0.888. The van der Waals surface area contributed by atoms with Gasteiger partial charge in [-0.2, -0.15) is 0 Å². The van der Waals surface area contributed by atoms with Gasteiger partial charge >= 0.3 is 0 Å². The van der Waals surface area contributed by atoms with Crippen molar-refractivity contribution in [2.45, 2.75) is 13.8 Å². The number of benzene rings is 1. The lowest BCUT2D eigenvalue weighted by molar-refractivity contribution is 0.102. The lowest BCUT2D eigenvalue weighted by Crippen LogP contribution is -2.13. The Kier molecular flexibility index (Phi) is 5.61. The fourth-order valence-electron chi connectivity index (χ4n) is 1.85. The van der Waals surface area contributed by atoms with E-state index in [0.717, 1.165) is 0 Å². The first-order valence-electron chi connectivity index (χ1n) is 6.96. The molecular formula is C16H17ClN2O3. The van der Waals surface area contributed by atoms with Crippen LogP contribution in [0, 0.1) is 0 Å². The van der Waals surface area contributed by atoms with Crippen molar-refractivity contribution in [3.63, 3.8) is 0 Å². The Hall–Kier alpha value is -2.27. The summed E-state index contributed by atoms with van der Waals surface area (Å²) in [5.41, 5.74) is 0.845. The highest BCUT2D eigenvalue weighted by atomic mass is 35.5. The zero-order valence-electron chi connectivity index (χ0n) is 12.4. The van der Waals surface area contributed by atoms with E-state index < -0.39 is 0 Å². The van der Waals surface area contributed by atoms with E-state index in [-0.39, 0.29) is 11.6 Å². The molecule has 5 nitrogen and oxygen atoms in total. The maximum absolute atomic E-state index is 12.1. The highest BCUT2D eigenvalue weighted by molar-refractivity contribution is 6.30. The largest absolute Gasteiger partial charge is 0.490 e. The molecule has 1 N–H and O–H groups in total. The second kappa shape index (κ2) is 7.66. The van der Waals surface area contributed by atoms with Crippen molar-refractivity contribution in [2.24, 2.45) is 0 Å². The van der Waals surface area contributed by atoms with Gasteiger partial charge in [0.15, 0.2) is 11.5 Å². The molecule has 0 aliphatic rings. The fraction of sp³-hybridized carbons (Fsp3) is 0.250. The molecular weight excluding hydrogens is 304 g/mol. The van der Waals surface area contributed by atoms with Gasteiger partial charge in [0.25, 0.3) is 5.91 Å². The standard InChI is InChI=1S/C16H17ClN2O3/c1-3-21-14-6-5-12(10-15(14)22-4-2)19-16(20)13-9-11(17)7-8-18-13/h5-10H,3-4H2,1-2H3,(H,19,20). The van der Waals surface area contributed by atoms with Crippen LogP contribution >= 0.6 is 11.6 Å². The molecule has 0 radical (unpaired) electrons. The molecule has 0 atom stereocenters. The highest BCUT2D eigenvalue weighted by Gasteiger charge is 2.11. The third-order valence-corrected chi connectivity index (χ3v) is 2.99. The molecule has 0 saturated carbocycles. The molecule has 0 fully saturated rings. The molecule has 1 amide bonds. The van der Waals surface area contributed by atoms with Crippen molar-refractivity contribution in [3.8, 4) is 11.5 Å². The summed E-state index contributed by atoms with van der Waals surface area (Å²) in [6.45, 7) is 4.83. The van der Waals surface area contributed by atoms with Crippen LogP contribution in [0.1, 0.15) is 24.3 Å². The number of halogens is 1. The van der Waals surface area contributed by atoms with Crippen LogP contribution in [0.4, 0.5) is 5.69 Å². The number of aromatic nitrogens is 1. The average Bonchev–Trinajstić information content (AvgIpc) is 2.50. The predicted octanol–water partition coefficient (Wildman–Crippen LogP) is 3.78. The molecule has 0 aliphatic carbocycles. The summed E-state index contributed by atoms with van der Waals surface area (Å²) in [5, 5.41) is 3.22. The molecule has 1 heterocycles. The number of amides is 1. The van der Waals surface area contributed by atoms with Gasteiger partial charge in [-0.1, -0.05) is 11.6 Å². The molecule has 0 bridgehead atoms. The van der Waals surface area contributed by atoms with E-state index in [1.807, 2.05) is 13.8 Å². The minimum absolute atomic E-state index is 0.249. The first kappa shape index (κ1) is 16.1. The van der Waals surface area contributed by atoms with Crippen molar-refractivity contribution in [3.05, 3.63) is 47.2 Å². The minimum atomic E-state index is -0.339. The Morgan fingerprint density at radius 3 is 2.55 bits per heavy atom. The third-order valence-electron chi connectivity index (χ3n) is 2.76. The van der Waals surface area contributed by atoms with E-state index >= 15 is 0 Å². The van der Waals surface area contributed by atoms with Gasteiger partial charge in [-0.15, -0.1) is 0 Å². The number of nitrogens with zero attached hydrogens (tertiary/aromatic N) is 1.